The minimum Gasteiger partial charge on any atom is -0.491 e. The van der Waals surface area contributed by atoms with Crippen molar-refractivity contribution in [3.63, 3.8) is 0 Å². The molecular weight excluding hydrogens is 944 g/mol. The third-order valence-electron chi connectivity index (χ3n) is 13.1. The van der Waals surface area contributed by atoms with Crippen LogP contribution < -0.4 is 9.47 Å². The number of benzene rings is 3. The van der Waals surface area contributed by atoms with E-state index in [2.05, 4.69) is 9.68 Å². The molecule has 22 heteroatoms. The number of nitrogens with zero attached hydrogens (tertiary/aromatic N) is 5. The van der Waals surface area contributed by atoms with E-state index in [0.29, 0.717) is 55.8 Å². The zero-order valence-electron chi connectivity index (χ0n) is 38.9. The molecule has 19 nitrogen and oxygen atoms in total. The number of allylic oxidation sites excluding steroid dienone is 1. The molecule has 2 aliphatic carbocycles. The third kappa shape index (κ3) is 11.9. The fourth-order valence-corrected chi connectivity index (χ4v) is 9.74. The Morgan fingerprint density at radius 2 is 1.47 bits per heavy atom. The summed E-state index contributed by atoms with van der Waals surface area (Å²) in [6.45, 7) is 2.77. The first-order valence-electron chi connectivity index (χ1n) is 23.2. The number of aryl methyl sites for hydroxylation is 1. The predicted molar refractivity (Wildman–Crippen MR) is 246 cm³/mol. The van der Waals surface area contributed by atoms with Crippen LogP contribution in [0.2, 0.25) is 5.02 Å². The fraction of sp³-hybridized carbons (Fsp3) is 0.521. The van der Waals surface area contributed by atoms with Crippen LogP contribution in [-0.4, -0.2) is 128 Å². The van der Waals surface area contributed by atoms with Gasteiger partial charge in [0.05, 0.1) is 51.7 Å². The molecular formula is C48H56ClF2N5O14. The molecule has 2 saturated heterocycles. The van der Waals surface area contributed by atoms with E-state index in [1.165, 1.54) is 4.90 Å². The Kier molecular flexibility index (Phi) is 17.2. The van der Waals surface area contributed by atoms with Crippen LogP contribution in [0.4, 0.5) is 18.4 Å². The summed E-state index contributed by atoms with van der Waals surface area (Å²) < 4.78 is 56.4. The number of carbonyl (C=O) groups excluding carboxylic acids is 3. The molecule has 3 amide bonds. The molecule has 0 radical (unpaired) electrons. The average Bonchev–Trinajstić information content (AvgIpc) is 4.08. The van der Waals surface area contributed by atoms with E-state index in [9.17, 15) is 38.6 Å². The lowest BCUT2D eigenvalue weighted by molar-refractivity contribution is -0.757. The van der Waals surface area contributed by atoms with Gasteiger partial charge >= 0.3 is 12.2 Å². The summed E-state index contributed by atoms with van der Waals surface area (Å²) >= 11 is 5.94. The maximum atomic E-state index is 15.6. The molecule has 0 N–H and O–H groups in total. The van der Waals surface area contributed by atoms with Gasteiger partial charge < -0.3 is 43.2 Å². The first kappa shape index (κ1) is 51.4. The van der Waals surface area contributed by atoms with Gasteiger partial charge in [0.25, 0.3) is 16.1 Å². The number of likely N-dealkylation sites (tertiary alicyclic amines) is 2. The first-order chi connectivity index (χ1) is 33.7. The van der Waals surface area contributed by atoms with Gasteiger partial charge in [-0.15, -0.1) is 20.2 Å². The number of hydrogen-bond donors (Lipinski definition) is 0. The number of unbranched alkanes of at least 4 members (excludes halogenated alkanes) is 2. The molecule has 0 aromatic heterocycles. The van der Waals surface area contributed by atoms with Crippen molar-refractivity contribution in [1.29, 1.82) is 0 Å². The van der Waals surface area contributed by atoms with Crippen molar-refractivity contribution >= 4 is 35.3 Å². The molecule has 3 aromatic rings. The van der Waals surface area contributed by atoms with Crippen molar-refractivity contribution in [3.8, 4) is 11.5 Å². The quantitative estimate of drug-likeness (QED) is 0.0324. The molecule has 1 saturated carbocycles. The molecule has 378 valence electrons. The van der Waals surface area contributed by atoms with Crippen molar-refractivity contribution in [2.45, 2.75) is 89.4 Å². The van der Waals surface area contributed by atoms with Crippen LogP contribution in [0, 0.1) is 44.2 Å². The van der Waals surface area contributed by atoms with Gasteiger partial charge in [0, 0.05) is 43.8 Å². The SMILES string of the molecule is COCCOc1cccc(CN(C(=O)C2=C(c3ccc(CCCOc4c(F)ccc(F)c4Cl)cc3)CC34CN(C(=O)OCCCCO[N+](=O)[O-])CC3N(C(=O)OCCCCO[N+](=O)[O-])C24)C2CC2)c1C. The molecule has 3 fully saturated rings. The average molecular weight is 1000 g/mol. The second-order valence-electron chi connectivity index (χ2n) is 17.6. The van der Waals surface area contributed by atoms with Gasteiger partial charge in [-0.2, -0.15) is 0 Å². The van der Waals surface area contributed by atoms with E-state index in [-0.39, 0.29) is 89.6 Å². The number of hydrogen-bond acceptors (Lipinski definition) is 14. The number of methoxy groups -OCH3 is 1. The van der Waals surface area contributed by atoms with Crippen LogP contribution in [0.5, 0.6) is 11.5 Å². The standard InChI is InChI=1S/C48H56ClF2N5O14/c1-31-34(10-7-11-39(31)65-26-25-64-2)28-53(35-16-17-35)45(57)41-36(33-14-12-32(13-15-33)9-8-22-66-43-38(51)19-18-37(50)42(43)49)27-48-30-52(46(58)67-20-3-5-23-69-55(60)61)29-40(48)54(44(41)48)47(59)68-21-4-6-24-70-56(62)63/h7,10-15,18-19,35,40,44H,3-6,8-9,16-17,20-30H2,1-2H3. The fourth-order valence-electron chi connectivity index (χ4n) is 9.53. The zero-order chi connectivity index (χ0) is 50.0. The van der Waals surface area contributed by atoms with E-state index in [0.717, 1.165) is 47.2 Å². The summed E-state index contributed by atoms with van der Waals surface area (Å²) in [6.07, 6.45) is 2.56. The smallest absolute Gasteiger partial charge is 0.410 e. The Balaban J connectivity index is 1.18. The maximum Gasteiger partial charge on any atom is 0.410 e. The van der Waals surface area contributed by atoms with Crippen LogP contribution in [0.1, 0.15) is 73.6 Å². The normalized spacial score (nSPS) is 18.9. The zero-order valence-corrected chi connectivity index (χ0v) is 39.7. The molecule has 3 aromatic carbocycles. The maximum absolute atomic E-state index is 15.6. The highest BCUT2D eigenvalue weighted by molar-refractivity contribution is 6.32. The van der Waals surface area contributed by atoms with Crippen LogP contribution in [0.25, 0.3) is 5.57 Å². The molecule has 3 atom stereocenters. The Bertz CT molecular complexity index is 2430. The molecule has 70 heavy (non-hydrogen) atoms. The van der Waals surface area contributed by atoms with Crippen LogP contribution in [-0.2, 0) is 41.6 Å². The Morgan fingerprint density at radius 1 is 0.814 bits per heavy atom. The Hall–Kier alpha value is -6.48. The predicted octanol–water partition coefficient (Wildman–Crippen LogP) is 7.92. The number of ether oxygens (including phenoxy) is 5. The van der Waals surface area contributed by atoms with Gasteiger partial charge in [-0.3, -0.25) is 9.69 Å². The van der Waals surface area contributed by atoms with Crippen molar-refractivity contribution in [3.05, 3.63) is 119 Å². The van der Waals surface area contributed by atoms with Crippen molar-refractivity contribution in [2.24, 2.45) is 5.41 Å². The van der Waals surface area contributed by atoms with Gasteiger partial charge in [-0.25, -0.2) is 18.4 Å². The lowest BCUT2D eigenvalue weighted by atomic mass is 9.66. The highest BCUT2D eigenvalue weighted by atomic mass is 35.5. The largest absolute Gasteiger partial charge is 0.491 e. The minimum atomic E-state index is -0.893. The first-order valence-corrected chi connectivity index (χ1v) is 23.6. The molecule has 2 aliphatic heterocycles. The van der Waals surface area contributed by atoms with Gasteiger partial charge in [-0.05, 0) is 111 Å². The molecule has 4 aliphatic rings. The summed E-state index contributed by atoms with van der Waals surface area (Å²) in [5, 5.41) is 19.0. The van der Waals surface area contributed by atoms with Crippen LogP contribution in [0.3, 0.4) is 0 Å². The highest BCUT2D eigenvalue weighted by Crippen LogP contribution is 2.63. The van der Waals surface area contributed by atoms with E-state index in [4.69, 9.17) is 35.3 Å². The number of carbonyl (C=O) groups is 3. The van der Waals surface area contributed by atoms with Gasteiger partial charge in [0.1, 0.15) is 23.2 Å². The summed E-state index contributed by atoms with van der Waals surface area (Å²) in [6, 6.07) is 13.7. The Morgan fingerprint density at radius 3 is 2.13 bits per heavy atom. The molecule has 0 bridgehead atoms. The molecule has 7 rings (SSSR count). The lowest BCUT2D eigenvalue weighted by Crippen LogP contribution is -2.72. The van der Waals surface area contributed by atoms with E-state index < -0.39 is 56.5 Å². The molecule has 3 unspecified atom stereocenters. The van der Waals surface area contributed by atoms with Gasteiger partial charge in [0.15, 0.2) is 11.6 Å². The lowest BCUT2D eigenvalue weighted by Gasteiger charge is -2.57. The molecule has 1 spiro atoms. The minimum absolute atomic E-state index is 0.0288. The van der Waals surface area contributed by atoms with Gasteiger partial charge in [0.2, 0.25) is 0 Å². The second kappa shape index (κ2) is 23.4. The van der Waals surface area contributed by atoms with Crippen molar-refractivity contribution < 1.29 is 66.7 Å². The Labute approximate surface area is 407 Å². The second-order valence-corrected chi connectivity index (χ2v) is 18.0. The highest BCUT2D eigenvalue weighted by Gasteiger charge is 2.72. The van der Waals surface area contributed by atoms with E-state index in [1.54, 1.807) is 12.0 Å². The van der Waals surface area contributed by atoms with E-state index in [1.807, 2.05) is 54.3 Å². The van der Waals surface area contributed by atoms with Crippen molar-refractivity contribution in [2.75, 3.05) is 66.4 Å². The number of rotatable bonds is 26. The summed E-state index contributed by atoms with van der Waals surface area (Å²) in [4.78, 5) is 78.5. The third-order valence-corrected chi connectivity index (χ3v) is 13.5. The van der Waals surface area contributed by atoms with Crippen LogP contribution >= 0.6 is 11.6 Å². The van der Waals surface area contributed by atoms with E-state index >= 15 is 4.79 Å². The van der Waals surface area contributed by atoms with Crippen LogP contribution in [0.15, 0.2) is 60.2 Å². The van der Waals surface area contributed by atoms with Gasteiger partial charge in [-0.1, -0.05) is 48.0 Å². The molecule has 2 heterocycles. The summed E-state index contributed by atoms with van der Waals surface area (Å²) in [5.74, 6) is -1.52. The number of halogens is 3. The topological polar surface area (TPSA) is 212 Å². The summed E-state index contributed by atoms with van der Waals surface area (Å²) in [7, 11) is 1.59. The van der Waals surface area contributed by atoms with Crippen molar-refractivity contribution in [1.82, 2.24) is 14.7 Å². The monoisotopic (exact) mass is 999 g/mol. The number of amides is 3. The summed E-state index contributed by atoms with van der Waals surface area (Å²) in [5.41, 5.74) is 3.67.